The number of nitriles is 1. The highest BCUT2D eigenvalue weighted by molar-refractivity contribution is 6.32. The molecule has 1 saturated carbocycles. The second-order valence-electron chi connectivity index (χ2n) is 7.11. The topological polar surface area (TPSA) is 90.6 Å². The number of carbonyl (C=O) groups excluding carboxylic acids is 1. The molecule has 2 aromatic heterocycles. The summed E-state index contributed by atoms with van der Waals surface area (Å²) in [5, 5.41) is 20.1. The Kier molecular flexibility index (Phi) is 5.07. The molecule has 7 nitrogen and oxygen atoms in total. The molecule has 1 fully saturated rings. The molecule has 0 radical (unpaired) electrons. The minimum absolute atomic E-state index is 0.0514. The fourth-order valence-electron chi connectivity index (χ4n) is 3.40. The third-order valence-corrected chi connectivity index (χ3v) is 5.22. The van der Waals surface area contributed by atoms with Crippen LogP contribution < -0.4 is 0 Å². The molecule has 0 aliphatic heterocycles. The van der Waals surface area contributed by atoms with Gasteiger partial charge in [-0.1, -0.05) is 11.6 Å². The van der Waals surface area contributed by atoms with Crippen molar-refractivity contribution in [1.82, 2.24) is 24.9 Å². The molecule has 4 rings (SSSR count). The fraction of sp³-hybridized carbons (Fsp3) is 0.300. The lowest BCUT2D eigenvalue weighted by atomic mass is 10.1. The Morgan fingerprint density at radius 1 is 1.48 bits per heavy atom. The highest BCUT2D eigenvalue weighted by atomic mass is 35.5. The van der Waals surface area contributed by atoms with Crippen molar-refractivity contribution in [3.05, 3.63) is 58.8 Å². The van der Waals surface area contributed by atoms with Crippen molar-refractivity contribution >= 4 is 17.5 Å². The van der Waals surface area contributed by atoms with E-state index in [0.717, 1.165) is 12.8 Å². The quantitative estimate of drug-likeness (QED) is 0.669. The van der Waals surface area contributed by atoms with E-state index in [-0.39, 0.29) is 28.6 Å². The number of aromatic amines is 1. The SMILES string of the molecule is C[C@@H](Cn1ccc(-c2cc(F)c(C#N)c(Cl)c2)n1)N(C(=O)c1ccn[nH]1)C1CC1. The average molecular weight is 413 g/mol. The monoisotopic (exact) mass is 412 g/mol. The van der Waals surface area contributed by atoms with Gasteiger partial charge in [-0.2, -0.15) is 15.5 Å². The molecule has 1 atom stereocenters. The molecule has 2 heterocycles. The number of carbonyl (C=O) groups is 1. The van der Waals surface area contributed by atoms with Crippen molar-refractivity contribution in [3.63, 3.8) is 0 Å². The van der Waals surface area contributed by atoms with E-state index in [9.17, 15) is 9.18 Å². The van der Waals surface area contributed by atoms with Crippen molar-refractivity contribution in [2.75, 3.05) is 0 Å². The maximum absolute atomic E-state index is 14.0. The molecule has 1 aliphatic carbocycles. The molecule has 1 N–H and O–H groups in total. The van der Waals surface area contributed by atoms with Crippen LogP contribution in [0, 0.1) is 17.1 Å². The van der Waals surface area contributed by atoms with E-state index in [1.807, 2.05) is 11.8 Å². The average Bonchev–Trinajstić information content (AvgIpc) is 3.18. The predicted molar refractivity (Wildman–Crippen MR) is 105 cm³/mol. The fourth-order valence-corrected chi connectivity index (χ4v) is 3.65. The Labute approximate surface area is 171 Å². The summed E-state index contributed by atoms with van der Waals surface area (Å²) < 4.78 is 15.8. The van der Waals surface area contributed by atoms with Crippen LogP contribution >= 0.6 is 11.6 Å². The first-order chi connectivity index (χ1) is 14.0. The van der Waals surface area contributed by atoms with Crippen molar-refractivity contribution in [2.45, 2.75) is 38.4 Å². The van der Waals surface area contributed by atoms with E-state index in [1.54, 1.807) is 35.3 Å². The Morgan fingerprint density at radius 2 is 2.28 bits per heavy atom. The maximum Gasteiger partial charge on any atom is 0.272 e. The Bertz CT molecular complexity index is 1060. The van der Waals surface area contributed by atoms with Crippen LogP contribution in [0.4, 0.5) is 4.39 Å². The molecule has 1 amide bonds. The van der Waals surface area contributed by atoms with Gasteiger partial charge in [0.25, 0.3) is 5.91 Å². The Hall–Kier alpha value is -3.18. The van der Waals surface area contributed by atoms with Crippen molar-refractivity contribution in [1.29, 1.82) is 5.26 Å². The molecule has 9 heteroatoms. The minimum atomic E-state index is -0.678. The van der Waals surface area contributed by atoms with E-state index in [2.05, 4.69) is 15.3 Å². The van der Waals surface area contributed by atoms with Crippen molar-refractivity contribution < 1.29 is 9.18 Å². The van der Waals surface area contributed by atoms with Gasteiger partial charge < -0.3 is 4.90 Å². The highest BCUT2D eigenvalue weighted by Crippen LogP contribution is 2.31. The number of hydrogen-bond acceptors (Lipinski definition) is 4. The van der Waals surface area contributed by atoms with Gasteiger partial charge in [-0.15, -0.1) is 0 Å². The molecular formula is C20H18ClFN6O. The second kappa shape index (κ2) is 7.68. The lowest BCUT2D eigenvalue weighted by molar-refractivity contribution is 0.0649. The van der Waals surface area contributed by atoms with Crippen LogP contribution in [0.2, 0.25) is 5.02 Å². The zero-order valence-corrected chi connectivity index (χ0v) is 16.4. The molecule has 1 aliphatic rings. The zero-order chi connectivity index (χ0) is 20.5. The molecule has 148 valence electrons. The van der Waals surface area contributed by atoms with E-state index >= 15 is 0 Å². The largest absolute Gasteiger partial charge is 0.330 e. The van der Waals surface area contributed by atoms with Crippen LogP contribution in [0.25, 0.3) is 11.3 Å². The van der Waals surface area contributed by atoms with Crippen LogP contribution in [-0.4, -0.2) is 42.9 Å². The maximum atomic E-state index is 14.0. The summed E-state index contributed by atoms with van der Waals surface area (Å²) >= 11 is 5.99. The minimum Gasteiger partial charge on any atom is -0.330 e. The molecule has 0 saturated heterocycles. The molecule has 29 heavy (non-hydrogen) atoms. The summed E-state index contributed by atoms with van der Waals surface area (Å²) in [7, 11) is 0. The van der Waals surface area contributed by atoms with E-state index < -0.39 is 5.82 Å². The summed E-state index contributed by atoms with van der Waals surface area (Å²) in [4.78, 5) is 14.7. The molecule has 0 spiro atoms. The van der Waals surface area contributed by atoms with Crippen molar-refractivity contribution in [3.8, 4) is 17.3 Å². The lowest BCUT2D eigenvalue weighted by Gasteiger charge is -2.29. The van der Waals surface area contributed by atoms with Gasteiger partial charge in [0.05, 0.1) is 17.3 Å². The third kappa shape index (κ3) is 3.87. The lowest BCUT2D eigenvalue weighted by Crippen LogP contribution is -2.42. The van der Waals surface area contributed by atoms with Crippen LogP contribution in [0.15, 0.2) is 36.7 Å². The van der Waals surface area contributed by atoms with Crippen LogP contribution in [-0.2, 0) is 6.54 Å². The van der Waals surface area contributed by atoms with Gasteiger partial charge in [0.1, 0.15) is 23.1 Å². The summed E-state index contributed by atoms with van der Waals surface area (Å²) in [6.45, 7) is 2.47. The summed E-state index contributed by atoms with van der Waals surface area (Å²) in [5.74, 6) is -0.756. The summed E-state index contributed by atoms with van der Waals surface area (Å²) in [6, 6.07) is 8.07. The smallest absolute Gasteiger partial charge is 0.272 e. The van der Waals surface area contributed by atoms with Crippen LogP contribution in [0.3, 0.4) is 0 Å². The number of aromatic nitrogens is 4. The number of amides is 1. The second-order valence-corrected chi connectivity index (χ2v) is 7.52. The van der Waals surface area contributed by atoms with Crippen LogP contribution in [0.5, 0.6) is 0 Å². The molecule has 0 bridgehead atoms. The number of halogens is 2. The normalized spacial score (nSPS) is 14.4. The van der Waals surface area contributed by atoms with Crippen LogP contribution in [0.1, 0.15) is 35.8 Å². The zero-order valence-electron chi connectivity index (χ0n) is 15.6. The van der Waals surface area contributed by atoms with Gasteiger partial charge in [0.2, 0.25) is 0 Å². The Balaban J connectivity index is 1.53. The number of H-pyrrole nitrogens is 1. The number of nitrogens with one attached hydrogen (secondary N) is 1. The standard InChI is InChI=1S/C20H18ClFN6O/c1-12(28(14-2-3-14)20(29)19-4-6-24-25-19)11-27-7-5-18(26-27)13-8-16(21)15(10-23)17(22)9-13/h4-9,12,14H,2-3,11H2,1H3,(H,24,25)/t12-/m0/s1. The first-order valence-electron chi connectivity index (χ1n) is 9.23. The number of nitrogens with zero attached hydrogens (tertiary/aromatic N) is 5. The predicted octanol–water partition coefficient (Wildman–Crippen LogP) is 3.63. The summed E-state index contributed by atoms with van der Waals surface area (Å²) in [6.07, 6.45) is 5.31. The van der Waals surface area contributed by atoms with Gasteiger partial charge in [-0.25, -0.2) is 4.39 Å². The van der Waals surface area contributed by atoms with E-state index in [1.165, 1.54) is 12.1 Å². The van der Waals surface area contributed by atoms with E-state index in [0.29, 0.717) is 23.5 Å². The summed E-state index contributed by atoms with van der Waals surface area (Å²) in [5.41, 5.74) is 1.32. The number of benzene rings is 1. The van der Waals surface area contributed by atoms with Gasteiger partial charge in [-0.3, -0.25) is 14.6 Å². The van der Waals surface area contributed by atoms with Gasteiger partial charge in [0, 0.05) is 30.0 Å². The molecule has 0 unspecified atom stereocenters. The first-order valence-corrected chi connectivity index (χ1v) is 9.60. The van der Waals surface area contributed by atoms with Gasteiger partial charge >= 0.3 is 0 Å². The number of hydrogen-bond donors (Lipinski definition) is 1. The molecule has 3 aromatic rings. The molecular weight excluding hydrogens is 395 g/mol. The Morgan fingerprint density at radius 3 is 2.90 bits per heavy atom. The van der Waals surface area contributed by atoms with Gasteiger partial charge in [-0.05, 0) is 44.0 Å². The third-order valence-electron chi connectivity index (χ3n) is 4.92. The highest BCUT2D eigenvalue weighted by Gasteiger charge is 2.36. The first kappa shape index (κ1) is 19.2. The van der Waals surface area contributed by atoms with Gasteiger partial charge in [0.15, 0.2) is 0 Å². The van der Waals surface area contributed by atoms with Crippen molar-refractivity contribution in [2.24, 2.45) is 0 Å². The van der Waals surface area contributed by atoms with E-state index in [4.69, 9.17) is 16.9 Å². The molecule has 1 aromatic carbocycles. The number of rotatable bonds is 6.